The molecule has 0 amide bonds. The SMILES string of the molecule is COc1ccc(C=NOCC(=O)O)c2ccccc12. The van der Waals surface area contributed by atoms with Crippen LogP contribution in [0.3, 0.4) is 0 Å². The molecule has 5 nitrogen and oxygen atoms in total. The molecule has 0 radical (unpaired) electrons. The molecule has 0 atom stereocenters. The van der Waals surface area contributed by atoms with Crippen molar-refractivity contribution in [2.75, 3.05) is 13.7 Å². The van der Waals surface area contributed by atoms with Gasteiger partial charge in [-0.2, -0.15) is 0 Å². The number of hydrogen-bond acceptors (Lipinski definition) is 4. The first-order valence-corrected chi connectivity index (χ1v) is 5.65. The van der Waals surface area contributed by atoms with E-state index < -0.39 is 12.6 Å². The summed E-state index contributed by atoms with van der Waals surface area (Å²) in [6, 6.07) is 11.4. The maximum atomic E-state index is 10.3. The number of nitrogens with zero attached hydrogens (tertiary/aromatic N) is 1. The number of carboxylic acid groups (broad SMARTS) is 1. The minimum atomic E-state index is -1.06. The second-order valence-corrected chi connectivity index (χ2v) is 3.80. The quantitative estimate of drug-likeness (QED) is 0.660. The van der Waals surface area contributed by atoms with Crippen LogP contribution in [-0.4, -0.2) is 31.0 Å². The number of fused-ring (bicyclic) bond motifs is 1. The van der Waals surface area contributed by atoms with Gasteiger partial charge >= 0.3 is 5.97 Å². The molecule has 0 saturated heterocycles. The molecule has 0 aromatic heterocycles. The van der Waals surface area contributed by atoms with Crippen LogP contribution >= 0.6 is 0 Å². The Balaban J connectivity index is 2.31. The Hall–Kier alpha value is -2.56. The van der Waals surface area contributed by atoms with Gasteiger partial charge in [0.1, 0.15) is 5.75 Å². The van der Waals surface area contributed by atoms with Gasteiger partial charge in [0.2, 0.25) is 6.61 Å². The minimum absolute atomic E-state index is 0.454. The fraction of sp³-hybridized carbons (Fsp3) is 0.143. The van der Waals surface area contributed by atoms with Crippen molar-refractivity contribution < 1.29 is 19.5 Å². The third kappa shape index (κ3) is 3.01. The molecule has 2 aromatic rings. The van der Waals surface area contributed by atoms with Crippen molar-refractivity contribution >= 4 is 23.0 Å². The van der Waals surface area contributed by atoms with E-state index in [1.165, 1.54) is 6.21 Å². The Morgan fingerprint density at radius 2 is 2.00 bits per heavy atom. The van der Waals surface area contributed by atoms with Gasteiger partial charge in [-0.05, 0) is 17.5 Å². The number of carboxylic acids is 1. The number of hydrogen-bond donors (Lipinski definition) is 1. The van der Waals surface area contributed by atoms with E-state index in [-0.39, 0.29) is 0 Å². The number of rotatable bonds is 5. The van der Waals surface area contributed by atoms with E-state index in [4.69, 9.17) is 9.84 Å². The maximum absolute atomic E-state index is 10.3. The molecular weight excluding hydrogens is 246 g/mol. The summed E-state index contributed by atoms with van der Waals surface area (Å²) in [7, 11) is 1.62. The Morgan fingerprint density at radius 1 is 1.26 bits per heavy atom. The van der Waals surface area contributed by atoms with Crippen molar-refractivity contribution in [2.24, 2.45) is 5.16 Å². The van der Waals surface area contributed by atoms with E-state index in [1.54, 1.807) is 7.11 Å². The van der Waals surface area contributed by atoms with Crippen LogP contribution in [0, 0.1) is 0 Å². The molecule has 0 fully saturated rings. The highest BCUT2D eigenvalue weighted by Crippen LogP contribution is 2.27. The predicted molar refractivity (Wildman–Crippen MR) is 71.7 cm³/mol. The topological polar surface area (TPSA) is 68.1 Å². The molecule has 5 heteroatoms. The van der Waals surface area contributed by atoms with Crippen LogP contribution in [0.15, 0.2) is 41.6 Å². The van der Waals surface area contributed by atoms with Crippen LogP contribution in [0.1, 0.15) is 5.56 Å². The molecule has 1 N–H and O–H groups in total. The Bertz CT molecular complexity index is 622. The first-order chi connectivity index (χ1) is 9.22. The molecule has 2 aromatic carbocycles. The molecule has 0 spiro atoms. The van der Waals surface area contributed by atoms with Gasteiger partial charge in [0.25, 0.3) is 0 Å². The number of benzene rings is 2. The zero-order valence-corrected chi connectivity index (χ0v) is 10.4. The number of ether oxygens (including phenoxy) is 1. The summed E-state index contributed by atoms with van der Waals surface area (Å²) >= 11 is 0. The average Bonchev–Trinajstić information content (AvgIpc) is 2.43. The maximum Gasteiger partial charge on any atom is 0.344 e. The molecule has 0 aliphatic rings. The zero-order chi connectivity index (χ0) is 13.7. The summed E-state index contributed by atoms with van der Waals surface area (Å²) in [5.74, 6) is -0.282. The highest BCUT2D eigenvalue weighted by atomic mass is 16.6. The Kier molecular flexibility index (Phi) is 3.97. The molecule has 0 heterocycles. The van der Waals surface area contributed by atoms with E-state index in [9.17, 15) is 4.79 Å². The molecule has 19 heavy (non-hydrogen) atoms. The summed E-state index contributed by atoms with van der Waals surface area (Å²) in [6.45, 7) is -0.454. The van der Waals surface area contributed by atoms with E-state index in [1.807, 2.05) is 36.4 Å². The van der Waals surface area contributed by atoms with Gasteiger partial charge in [0, 0.05) is 10.9 Å². The molecular formula is C14H13NO4. The van der Waals surface area contributed by atoms with E-state index in [0.29, 0.717) is 0 Å². The van der Waals surface area contributed by atoms with Gasteiger partial charge in [0.15, 0.2) is 0 Å². The van der Waals surface area contributed by atoms with Crippen LogP contribution in [0.2, 0.25) is 0 Å². The molecule has 0 bridgehead atoms. The lowest BCUT2D eigenvalue weighted by Crippen LogP contribution is -2.03. The van der Waals surface area contributed by atoms with Gasteiger partial charge in [-0.1, -0.05) is 29.4 Å². The summed E-state index contributed by atoms with van der Waals surface area (Å²) in [5.41, 5.74) is 0.835. The Morgan fingerprint density at radius 3 is 2.68 bits per heavy atom. The lowest BCUT2D eigenvalue weighted by molar-refractivity contribution is -0.142. The first kappa shape index (κ1) is 12.9. The highest BCUT2D eigenvalue weighted by molar-refractivity contribution is 6.02. The number of oxime groups is 1. The number of aliphatic carboxylic acids is 1. The smallest absolute Gasteiger partial charge is 0.344 e. The van der Waals surface area contributed by atoms with Crippen molar-refractivity contribution in [1.29, 1.82) is 0 Å². The monoisotopic (exact) mass is 259 g/mol. The molecule has 2 rings (SSSR count). The van der Waals surface area contributed by atoms with E-state index >= 15 is 0 Å². The van der Waals surface area contributed by atoms with Crippen LogP contribution in [0.4, 0.5) is 0 Å². The highest BCUT2D eigenvalue weighted by Gasteiger charge is 2.04. The van der Waals surface area contributed by atoms with Crippen LogP contribution in [0.5, 0.6) is 5.75 Å². The second-order valence-electron chi connectivity index (χ2n) is 3.80. The molecule has 0 unspecified atom stereocenters. The van der Waals surface area contributed by atoms with Crippen LogP contribution in [-0.2, 0) is 9.63 Å². The van der Waals surface area contributed by atoms with Crippen molar-refractivity contribution in [3.63, 3.8) is 0 Å². The summed E-state index contributed by atoms with van der Waals surface area (Å²) < 4.78 is 5.29. The third-order valence-electron chi connectivity index (χ3n) is 2.59. The summed E-state index contributed by atoms with van der Waals surface area (Å²) in [5, 5.41) is 14.0. The van der Waals surface area contributed by atoms with Gasteiger partial charge in [-0.15, -0.1) is 0 Å². The van der Waals surface area contributed by atoms with Crippen molar-refractivity contribution in [3.05, 3.63) is 42.0 Å². The minimum Gasteiger partial charge on any atom is -0.496 e. The summed E-state index contributed by atoms with van der Waals surface area (Å²) in [6.07, 6.45) is 1.49. The largest absolute Gasteiger partial charge is 0.496 e. The fourth-order valence-electron chi connectivity index (χ4n) is 1.77. The fourth-order valence-corrected chi connectivity index (χ4v) is 1.77. The average molecular weight is 259 g/mol. The first-order valence-electron chi connectivity index (χ1n) is 5.65. The van der Waals surface area contributed by atoms with Gasteiger partial charge in [0.05, 0.1) is 13.3 Å². The van der Waals surface area contributed by atoms with Gasteiger partial charge in [-0.25, -0.2) is 4.79 Å². The third-order valence-corrected chi connectivity index (χ3v) is 2.59. The molecule has 0 aliphatic carbocycles. The second kappa shape index (κ2) is 5.86. The lowest BCUT2D eigenvalue weighted by Gasteiger charge is -2.07. The molecule has 0 saturated carbocycles. The van der Waals surface area contributed by atoms with E-state index in [2.05, 4.69) is 9.99 Å². The number of methoxy groups -OCH3 is 1. The van der Waals surface area contributed by atoms with Gasteiger partial charge in [-0.3, -0.25) is 0 Å². The van der Waals surface area contributed by atoms with Crippen LogP contribution < -0.4 is 4.74 Å². The normalized spacial score (nSPS) is 10.8. The van der Waals surface area contributed by atoms with Crippen molar-refractivity contribution in [2.45, 2.75) is 0 Å². The van der Waals surface area contributed by atoms with Crippen LogP contribution in [0.25, 0.3) is 10.8 Å². The summed E-state index contributed by atoms with van der Waals surface area (Å²) in [4.78, 5) is 14.9. The predicted octanol–water partition coefficient (Wildman–Crippen LogP) is 2.28. The standard InChI is InChI=1S/C14H13NO4/c1-18-13-7-6-10(8-15-19-9-14(16)17)11-4-2-3-5-12(11)13/h2-8H,9H2,1H3,(H,16,17). The Labute approximate surface area is 110 Å². The van der Waals surface area contributed by atoms with E-state index in [0.717, 1.165) is 22.1 Å². The van der Waals surface area contributed by atoms with Crippen molar-refractivity contribution in [3.8, 4) is 5.75 Å². The molecule has 0 aliphatic heterocycles. The van der Waals surface area contributed by atoms with Gasteiger partial charge < -0.3 is 14.7 Å². The lowest BCUT2D eigenvalue weighted by atomic mass is 10.0. The molecule has 98 valence electrons. The number of carbonyl (C=O) groups is 1. The zero-order valence-electron chi connectivity index (χ0n) is 10.4. The van der Waals surface area contributed by atoms with Crippen molar-refractivity contribution in [1.82, 2.24) is 0 Å².